The molecule has 0 aromatic heterocycles. The maximum atomic E-state index is 13.3. The van der Waals surface area contributed by atoms with E-state index < -0.39 is 10.7 Å². The fourth-order valence-electron chi connectivity index (χ4n) is 2.49. The standard InChI is InChI=1S/C14H17FN4O2/c1-11(9-16)18-6-4-17(5-7-18)10-12-8-13(15)2-3-14(12)19(20)21/h2-3,8,11H,4-7,10H2,1H3. The van der Waals surface area contributed by atoms with Gasteiger partial charge in [0.1, 0.15) is 5.82 Å². The van der Waals surface area contributed by atoms with Crippen LogP contribution in [0.25, 0.3) is 0 Å². The fraction of sp³-hybridized carbons (Fsp3) is 0.500. The average molecular weight is 292 g/mol. The van der Waals surface area contributed by atoms with Crippen LogP contribution < -0.4 is 0 Å². The molecule has 0 radical (unpaired) electrons. The van der Waals surface area contributed by atoms with Gasteiger partial charge in [-0.3, -0.25) is 19.9 Å². The van der Waals surface area contributed by atoms with E-state index in [1.165, 1.54) is 12.1 Å². The zero-order chi connectivity index (χ0) is 15.4. The van der Waals surface area contributed by atoms with Crippen molar-refractivity contribution in [2.24, 2.45) is 0 Å². The van der Waals surface area contributed by atoms with Crippen molar-refractivity contribution in [2.45, 2.75) is 19.5 Å². The van der Waals surface area contributed by atoms with Crippen LogP contribution in [0.4, 0.5) is 10.1 Å². The quantitative estimate of drug-likeness (QED) is 0.624. The highest BCUT2D eigenvalue weighted by atomic mass is 19.1. The summed E-state index contributed by atoms with van der Waals surface area (Å²) in [6.45, 7) is 5.09. The molecular formula is C14H17FN4O2. The Morgan fingerprint density at radius 2 is 2.10 bits per heavy atom. The predicted octanol–water partition coefficient (Wildman–Crippen LogP) is 1.76. The maximum Gasteiger partial charge on any atom is 0.274 e. The van der Waals surface area contributed by atoms with E-state index in [2.05, 4.69) is 11.0 Å². The first kappa shape index (κ1) is 15.4. The first-order valence-electron chi connectivity index (χ1n) is 6.80. The van der Waals surface area contributed by atoms with Gasteiger partial charge in [-0.1, -0.05) is 0 Å². The van der Waals surface area contributed by atoms with E-state index in [9.17, 15) is 14.5 Å². The topological polar surface area (TPSA) is 73.4 Å². The first-order chi connectivity index (χ1) is 10.0. The minimum Gasteiger partial charge on any atom is -0.296 e. The average Bonchev–Trinajstić information content (AvgIpc) is 2.47. The van der Waals surface area contributed by atoms with Gasteiger partial charge in [-0.2, -0.15) is 5.26 Å². The lowest BCUT2D eigenvalue weighted by molar-refractivity contribution is -0.385. The van der Waals surface area contributed by atoms with Crippen LogP contribution in [0, 0.1) is 27.3 Å². The van der Waals surface area contributed by atoms with Gasteiger partial charge in [0, 0.05) is 44.4 Å². The summed E-state index contributed by atoms with van der Waals surface area (Å²) in [4.78, 5) is 14.6. The molecule has 2 rings (SSSR count). The second kappa shape index (κ2) is 6.61. The summed E-state index contributed by atoms with van der Waals surface area (Å²) < 4.78 is 13.3. The van der Waals surface area contributed by atoms with Gasteiger partial charge in [-0.25, -0.2) is 4.39 Å². The largest absolute Gasteiger partial charge is 0.296 e. The van der Waals surface area contributed by atoms with Crippen molar-refractivity contribution in [1.29, 1.82) is 5.26 Å². The van der Waals surface area contributed by atoms with Crippen LogP contribution in [0.3, 0.4) is 0 Å². The normalized spacial score (nSPS) is 18.1. The Balaban J connectivity index is 2.02. The van der Waals surface area contributed by atoms with E-state index in [-0.39, 0.29) is 11.7 Å². The van der Waals surface area contributed by atoms with Crippen molar-refractivity contribution in [2.75, 3.05) is 26.2 Å². The van der Waals surface area contributed by atoms with Crippen molar-refractivity contribution in [3.05, 3.63) is 39.7 Å². The Hall–Kier alpha value is -2.04. The van der Waals surface area contributed by atoms with E-state index >= 15 is 0 Å². The van der Waals surface area contributed by atoms with Crippen LogP contribution in [0.2, 0.25) is 0 Å². The Morgan fingerprint density at radius 1 is 1.43 bits per heavy atom. The molecule has 1 unspecified atom stereocenters. The summed E-state index contributed by atoms with van der Waals surface area (Å²) in [7, 11) is 0. The SMILES string of the molecule is CC(C#N)N1CCN(Cc2cc(F)ccc2[N+](=O)[O-])CC1. The second-order valence-electron chi connectivity index (χ2n) is 5.15. The molecule has 7 heteroatoms. The summed E-state index contributed by atoms with van der Waals surface area (Å²) in [5.74, 6) is -0.465. The van der Waals surface area contributed by atoms with Crippen molar-refractivity contribution in [1.82, 2.24) is 9.80 Å². The number of nitriles is 1. The number of piperazine rings is 1. The van der Waals surface area contributed by atoms with Crippen LogP contribution in [0.5, 0.6) is 0 Å². The molecule has 1 aromatic rings. The summed E-state index contributed by atoms with van der Waals surface area (Å²) in [5.41, 5.74) is 0.339. The molecular weight excluding hydrogens is 275 g/mol. The minimum absolute atomic E-state index is 0.0516. The van der Waals surface area contributed by atoms with Crippen LogP contribution in [0.15, 0.2) is 18.2 Å². The number of nitro benzene ring substituents is 1. The van der Waals surface area contributed by atoms with Crippen LogP contribution in [-0.2, 0) is 6.54 Å². The molecule has 1 aliphatic rings. The zero-order valence-electron chi connectivity index (χ0n) is 11.8. The lowest BCUT2D eigenvalue weighted by Gasteiger charge is -2.35. The molecule has 0 saturated carbocycles. The summed E-state index contributed by atoms with van der Waals surface area (Å²) in [5, 5.41) is 19.9. The van der Waals surface area contributed by atoms with Gasteiger partial charge >= 0.3 is 0 Å². The third-order valence-electron chi connectivity index (χ3n) is 3.77. The van der Waals surface area contributed by atoms with E-state index in [1.54, 1.807) is 0 Å². The highest BCUT2D eigenvalue weighted by Gasteiger charge is 2.23. The maximum absolute atomic E-state index is 13.3. The molecule has 1 saturated heterocycles. The van der Waals surface area contributed by atoms with E-state index in [4.69, 9.17) is 5.26 Å². The number of hydrogen-bond donors (Lipinski definition) is 0. The molecule has 1 aliphatic heterocycles. The van der Waals surface area contributed by atoms with Crippen molar-refractivity contribution < 1.29 is 9.31 Å². The summed E-state index contributed by atoms with van der Waals surface area (Å²) in [6.07, 6.45) is 0. The lowest BCUT2D eigenvalue weighted by atomic mass is 10.1. The van der Waals surface area contributed by atoms with Gasteiger partial charge in [0.15, 0.2) is 0 Å². The van der Waals surface area contributed by atoms with Crippen molar-refractivity contribution in [3.63, 3.8) is 0 Å². The van der Waals surface area contributed by atoms with Gasteiger partial charge < -0.3 is 0 Å². The minimum atomic E-state index is -0.483. The third-order valence-corrected chi connectivity index (χ3v) is 3.77. The van der Waals surface area contributed by atoms with Crippen LogP contribution >= 0.6 is 0 Å². The second-order valence-corrected chi connectivity index (χ2v) is 5.15. The molecule has 1 fully saturated rings. The zero-order valence-corrected chi connectivity index (χ0v) is 11.8. The van der Waals surface area contributed by atoms with Gasteiger partial charge in [-0.15, -0.1) is 0 Å². The first-order valence-corrected chi connectivity index (χ1v) is 6.80. The number of hydrogen-bond acceptors (Lipinski definition) is 5. The molecule has 0 amide bonds. The van der Waals surface area contributed by atoms with E-state index in [0.717, 1.165) is 19.2 Å². The number of nitrogens with zero attached hydrogens (tertiary/aromatic N) is 4. The molecule has 1 heterocycles. The summed E-state index contributed by atoms with van der Waals surface area (Å²) in [6, 6.07) is 5.61. The molecule has 21 heavy (non-hydrogen) atoms. The molecule has 6 nitrogen and oxygen atoms in total. The molecule has 0 spiro atoms. The molecule has 0 bridgehead atoms. The Labute approximate surface area is 122 Å². The smallest absolute Gasteiger partial charge is 0.274 e. The Kier molecular flexibility index (Phi) is 4.83. The number of rotatable bonds is 4. The highest BCUT2D eigenvalue weighted by molar-refractivity contribution is 5.40. The van der Waals surface area contributed by atoms with Gasteiger partial charge in [-0.05, 0) is 19.1 Å². The lowest BCUT2D eigenvalue weighted by Crippen LogP contribution is -2.48. The number of benzene rings is 1. The molecule has 1 atom stereocenters. The molecule has 0 aliphatic carbocycles. The van der Waals surface area contributed by atoms with Gasteiger partial charge in [0.05, 0.1) is 17.0 Å². The number of halogens is 1. The number of nitro groups is 1. The third kappa shape index (κ3) is 3.74. The molecule has 0 N–H and O–H groups in total. The Bertz CT molecular complexity index is 565. The predicted molar refractivity (Wildman–Crippen MR) is 75.0 cm³/mol. The molecule has 1 aromatic carbocycles. The monoisotopic (exact) mass is 292 g/mol. The van der Waals surface area contributed by atoms with E-state index in [0.29, 0.717) is 25.2 Å². The Morgan fingerprint density at radius 3 is 2.67 bits per heavy atom. The van der Waals surface area contributed by atoms with Crippen molar-refractivity contribution in [3.8, 4) is 6.07 Å². The van der Waals surface area contributed by atoms with Crippen LogP contribution in [-0.4, -0.2) is 46.9 Å². The molecule has 112 valence electrons. The highest BCUT2D eigenvalue weighted by Crippen LogP contribution is 2.22. The van der Waals surface area contributed by atoms with E-state index in [1.807, 2.05) is 11.8 Å². The van der Waals surface area contributed by atoms with Crippen molar-refractivity contribution >= 4 is 5.69 Å². The van der Waals surface area contributed by atoms with Gasteiger partial charge in [0.2, 0.25) is 0 Å². The fourth-order valence-corrected chi connectivity index (χ4v) is 2.49. The van der Waals surface area contributed by atoms with Gasteiger partial charge in [0.25, 0.3) is 5.69 Å². The van der Waals surface area contributed by atoms with Crippen LogP contribution in [0.1, 0.15) is 12.5 Å². The summed E-state index contributed by atoms with van der Waals surface area (Å²) >= 11 is 0.